The Kier molecular flexibility index (Phi) is 3.82. The number of aryl methyl sites for hydroxylation is 1. The van der Waals surface area contributed by atoms with Gasteiger partial charge in [0, 0.05) is 0 Å². The summed E-state index contributed by atoms with van der Waals surface area (Å²) >= 11 is 3.46. The number of hydrogen-bond donors (Lipinski definition) is 0. The molecular formula is C20H15NS2. The van der Waals surface area contributed by atoms with E-state index in [1.807, 2.05) is 0 Å². The standard InChI is InChI=1S/C20H15NS2/c1-14-6-8-15(9-7-14)16-12-17(19-4-2-10-22-19)21-18(13-16)20-5-3-11-23-20/h2-13H,1H3. The Hall–Kier alpha value is -2.23. The summed E-state index contributed by atoms with van der Waals surface area (Å²) in [6, 6.07) is 21.5. The molecule has 1 nitrogen and oxygen atoms in total. The number of rotatable bonds is 3. The van der Waals surface area contributed by atoms with Crippen LogP contribution in [0, 0.1) is 6.92 Å². The third-order valence-electron chi connectivity index (χ3n) is 3.76. The largest absolute Gasteiger partial charge is 0.246 e. The average molecular weight is 333 g/mol. The molecule has 4 aromatic rings. The molecule has 0 radical (unpaired) electrons. The van der Waals surface area contributed by atoms with E-state index in [1.165, 1.54) is 26.4 Å². The van der Waals surface area contributed by atoms with Crippen LogP contribution < -0.4 is 0 Å². The third-order valence-corrected chi connectivity index (χ3v) is 5.54. The smallest absolute Gasteiger partial charge is 0.0815 e. The minimum Gasteiger partial charge on any atom is -0.246 e. The van der Waals surface area contributed by atoms with Gasteiger partial charge in [-0.1, -0.05) is 42.0 Å². The topological polar surface area (TPSA) is 12.9 Å². The lowest BCUT2D eigenvalue weighted by molar-refractivity contribution is 1.35. The molecule has 0 spiro atoms. The van der Waals surface area contributed by atoms with Crippen molar-refractivity contribution in [3.63, 3.8) is 0 Å². The van der Waals surface area contributed by atoms with Crippen molar-refractivity contribution in [2.45, 2.75) is 6.92 Å². The van der Waals surface area contributed by atoms with Crippen molar-refractivity contribution in [2.24, 2.45) is 0 Å². The van der Waals surface area contributed by atoms with Crippen LogP contribution in [-0.4, -0.2) is 4.98 Å². The van der Waals surface area contributed by atoms with Crippen LogP contribution >= 0.6 is 22.7 Å². The Morgan fingerprint density at radius 1 is 0.696 bits per heavy atom. The summed E-state index contributed by atoms with van der Waals surface area (Å²) in [6.45, 7) is 2.12. The second-order valence-corrected chi connectivity index (χ2v) is 7.34. The van der Waals surface area contributed by atoms with Gasteiger partial charge in [-0.3, -0.25) is 0 Å². The van der Waals surface area contributed by atoms with Crippen LogP contribution in [0.5, 0.6) is 0 Å². The molecule has 1 aromatic carbocycles. The van der Waals surface area contributed by atoms with E-state index in [9.17, 15) is 0 Å². The highest BCUT2D eigenvalue weighted by Crippen LogP contribution is 2.33. The second-order valence-electron chi connectivity index (χ2n) is 5.45. The second kappa shape index (κ2) is 6.11. The van der Waals surface area contributed by atoms with Crippen molar-refractivity contribution in [2.75, 3.05) is 0 Å². The molecule has 3 heteroatoms. The fourth-order valence-corrected chi connectivity index (χ4v) is 3.92. The molecule has 0 saturated carbocycles. The highest BCUT2D eigenvalue weighted by atomic mass is 32.1. The maximum atomic E-state index is 4.88. The number of thiophene rings is 2. The normalized spacial score (nSPS) is 10.8. The minimum atomic E-state index is 1.04. The maximum absolute atomic E-state index is 4.88. The summed E-state index contributed by atoms with van der Waals surface area (Å²) in [5.41, 5.74) is 5.81. The predicted octanol–water partition coefficient (Wildman–Crippen LogP) is 6.51. The van der Waals surface area contributed by atoms with Gasteiger partial charge in [-0.2, -0.15) is 0 Å². The highest BCUT2D eigenvalue weighted by molar-refractivity contribution is 7.13. The van der Waals surface area contributed by atoms with Crippen molar-refractivity contribution in [1.29, 1.82) is 0 Å². The lowest BCUT2D eigenvalue weighted by atomic mass is 10.0. The summed E-state index contributed by atoms with van der Waals surface area (Å²) in [6.07, 6.45) is 0. The van der Waals surface area contributed by atoms with E-state index in [0.717, 1.165) is 11.4 Å². The average Bonchev–Trinajstić information content (AvgIpc) is 3.29. The number of aromatic nitrogens is 1. The first-order valence-electron chi connectivity index (χ1n) is 7.46. The molecule has 4 rings (SSSR count). The molecule has 0 aliphatic carbocycles. The first-order chi connectivity index (χ1) is 11.3. The molecular weight excluding hydrogens is 318 g/mol. The zero-order chi connectivity index (χ0) is 15.6. The summed E-state index contributed by atoms with van der Waals surface area (Å²) < 4.78 is 0. The van der Waals surface area contributed by atoms with Crippen molar-refractivity contribution in [1.82, 2.24) is 4.98 Å². The maximum Gasteiger partial charge on any atom is 0.0815 e. The van der Waals surface area contributed by atoms with Gasteiger partial charge >= 0.3 is 0 Å². The van der Waals surface area contributed by atoms with Gasteiger partial charge in [-0.05, 0) is 53.1 Å². The summed E-state index contributed by atoms with van der Waals surface area (Å²) in [7, 11) is 0. The molecule has 0 fully saturated rings. The Balaban J connectivity index is 1.89. The van der Waals surface area contributed by atoms with Crippen molar-refractivity contribution >= 4 is 22.7 Å². The van der Waals surface area contributed by atoms with Gasteiger partial charge in [-0.15, -0.1) is 22.7 Å². The predicted molar refractivity (Wildman–Crippen MR) is 101 cm³/mol. The molecule has 0 aliphatic rings. The lowest BCUT2D eigenvalue weighted by Crippen LogP contribution is -1.88. The molecule has 0 atom stereocenters. The van der Waals surface area contributed by atoms with Gasteiger partial charge in [0.05, 0.1) is 21.1 Å². The number of benzene rings is 1. The van der Waals surface area contributed by atoms with Gasteiger partial charge in [0.2, 0.25) is 0 Å². The Bertz CT molecular complexity index is 852. The van der Waals surface area contributed by atoms with Crippen LogP contribution in [0.25, 0.3) is 32.3 Å². The van der Waals surface area contributed by atoms with E-state index < -0.39 is 0 Å². The summed E-state index contributed by atoms with van der Waals surface area (Å²) in [5, 5.41) is 4.20. The van der Waals surface area contributed by atoms with Crippen LogP contribution in [0.3, 0.4) is 0 Å². The SMILES string of the molecule is Cc1ccc(-c2cc(-c3cccs3)nc(-c3cccs3)c2)cc1. The van der Waals surface area contributed by atoms with Crippen molar-refractivity contribution in [3.05, 3.63) is 77.0 Å². The monoisotopic (exact) mass is 333 g/mol. The molecule has 0 amide bonds. The zero-order valence-corrected chi connectivity index (χ0v) is 14.3. The Labute approximate surface area is 143 Å². The van der Waals surface area contributed by atoms with Gasteiger partial charge in [0.25, 0.3) is 0 Å². The fourth-order valence-electron chi connectivity index (χ4n) is 2.54. The molecule has 23 heavy (non-hydrogen) atoms. The Morgan fingerprint density at radius 2 is 1.26 bits per heavy atom. The quantitative estimate of drug-likeness (QED) is 0.416. The van der Waals surface area contributed by atoms with Crippen LogP contribution in [-0.2, 0) is 0 Å². The minimum absolute atomic E-state index is 1.04. The zero-order valence-electron chi connectivity index (χ0n) is 12.7. The summed E-state index contributed by atoms with van der Waals surface area (Å²) in [5.74, 6) is 0. The van der Waals surface area contributed by atoms with Crippen LogP contribution in [0.2, 0.25) is 0 Å². The first-order valence-corrected chi connectivity index (χ1v) is 9.22. The van der Waals surface area contributed by atoms with Gasteiger partial charge in [0.15, 0.2) is 0 Å². The first kappa shape index (κ1) is 14.4. The molecule has 3 heterocycles. The van der Waals surface area contributed by atoms with E-state index >= 15 is 0 Å². The van der Waals surface area contributed by atoms with Crippen molar-refractivity contribution < 1.29 is 0 Å². The van der Waals surface area contributed by atoms with Crippen molar-refractivity contribution in [3.8, 4) is 32.3 Å². The van der Waals surface area contributed by atoms with E-state index in [1.54, 1.807) is 22.7 Å². The van der Waals surface area contributed by atoms with E-state index in [-0.39, 0.29) is 0 Å². The molecule has 3 aromatic heterocycles. The molecule has 0 N–H and O–H groups in total. The molecule has 0 unspecified atom stereocenters. The van der Waals surface area contributed by atoms with Gasteiger partial charge in [-0.25, -0.2) is 4.98 Å². The lowest BCUT2D eigenvalue weighted by Gasteiger charge is -2.08. The van der Waals surface area contributed by atoms with E-state index in [0.29, 0.717) is 0 Å². The number of hydrogen-bond acceptors (Lipinski definition) is 3. The molecule has 0 aliphatic heterocycles. The van der Waals surface area contributed by atoms with Crippen LogP contribution in [0.15, 0.2) is 71.4 Å². The number of nitrogens with zero attached hydrogens (tertiary/aromatic N) is 1. The Morgan fingerprint density at radius 3 is 1.74 bits per heavy atom. The fraction of sp³-hybridized carbons (Fsp3) is 0.0500. The van der Waals surface area contributed by atoms with Gasteiger partial charge in [0.1, 0.15) is 0 Å². The van der Waals surface area contributed by atoms with Crippen LogP contribution in [0.1, 0.15) is 5.56 Å². The third kappa shape index (κ3) is 2.98. The number of pyridine rings is 1. The van der Waals surface area contributed by atoms with E-state index in [4.69, 9.17) is 4.98 Å². The molecule has 0 saturated heterocycles. The molecule has 112 valence electrons. The molecule has 0 bridgehead atoms. The van der Waals surface area contributed by atoms with E-state index in [2.05, 4.69) is 78.3 Å². The van der Waals surface area contributed by atoms with Crippen LogP contribution in [0.4, 0.5) is 0 Å². The highest BCUT2D eigenvalue weighted by Gasteiger charge is 2.10. The van der Waals surface area contributed by atoms with Gasteiger partial charge < -0.3 is 0 Å². The summed E-state index contributed by atoms with van der Waals surface area (Å²) in [4.78, 5) is 7.29.